The second-order valence-electron chi connectivity index (χ2n) is 2.63. The highest BCUT2D eigenvalue weighted by atomic mass is 16.5. The summed E-state index contributed by atoms with van der Waals surface area (Å²) < 4.78 is 5.04. The average molecular weight is 143 g/mol. The summed E-state index contributed by atoms with van der Waals surface area (Å²) in [7, 11) is 1.72. The first-order valence-corrected chi connectivity index (χ1v) is 3.54. The zero-order valence-electron chi connectivity index (χ0n) is 7.11. The van der Waals surface area contributed by atoms with E-state index >= 15 is 0 Å². The van der Waals surface area contributed by atoms with E-state index in [-0.39, 0.29) is 0 Å². The van der Waals surface area contributed by atoms with Gasteiger partial charge < -0.3 is 10.1 Å². The Kier molecular flexibility index (Phi) is 5.26. The molecule has 0 aliphatic carbocycles. The van der Waals surface area contributed by atoms with Crippen LogP contribution in [0.1, 0.15) is 13.8 Å². The summed E-state index contributed by atoms with van der Waals surface area (Å²) in [5.74, 6) is 0. The molecule has 0 amide bonds. The summed E-state index contributed by atoms with van der Waals surface area (Å²) in [6, 6.07) is 0. The lowest BCUT2D eigenvalue weighted by Crippen LogP contribution is -2.26. The molecule has 0 aromatic carbocycles. The SMILES string of the molecule is C=C(C)CNCC(C)OC. The third kappa shape index (κ3) is 5.79. The van der Waals surface area contributed by atoms with Gasteiger partial charge in [-0.2, -0.15) is 0 Å². The topological polar surface area (TPSA) is 21.3 Å². The van der Waals surface area contributed by atoms with Gasteiger partial charge in [-0.1, -0.05) is 12.2 Å². The molecule has 2 heteroatoms. The Balaban J connectivity index is 3.11. The van der Waals surface area contributed by atoms with Crippen molar-refractivity contribution in [1.29, 1.82) is 0 Å². The summed E-state index contributed by atoms with van der Waals surface area (Å²) in [6.07, 6.45) is 0.291. The van der Waals surface area contributed by atoms with Crippen LogP contribution in [0.15, 0.2) is 12.2 Å². The van der Waals surface area contributed by atoms with Crippen molar-refractivity contribution in [2.75, 3.05) is 20.2 Å². The molecule has 0 aromatic rings. The van der Waals surface area contributed by atoms with E-state index in [0.29, 0.717) is 6.10 Å². The lowest BCUT2D eigenvalue weighted by atomic mass is 10.3. The number of rotatable bonds is 5. The van der Waals surface area contributed by atoms with Crippen molar-refractivity contribution in [1.82, 2.24) is 5.32 Å². The maximum Gasteiger partial charge on any atom is 0.0667 e. The molecule has 0 radical (unpaired) electrons. The largest absolute Gasteiger partial charge is 0.380 e. The molecule has 0 spiro atoms. The molecule has 1 N–H and O–H groups in total. The van der Waals surface area contributed by atoms with E-state index in [1.807, 2.05) is 13.8 Å². The molecular weight excluding hydrogens is 126 g/mol. The number of hydrogen-bond donors (Lipinski definition) is 1. The van der Waals surface area contributed by atoms with E-state index in [4.69, 9.17) is 4.74 Å². The molecule has 0 heterocycles. The lowest BCUT2D eigenvalue weighted by molar-refractivity contribution is 0.118. The molecule has 0 fully saturated rings. The zero-order valence-corrected chi connectivity index (χ0v) is 7.11. The predicted molar refractivity (Wildman–Crippen MR) is 44.2 cm³/mol. The Morgan fingerprint density at radius 2 is 2.30 bits per heavy atom. The lowest BCUT2D eigenvalue weighted by Gasteiger charge is -2.09. The minimum atomic E-state index is 0.291. The van der Waals surface area contributed by atoms with E-state index in [0.717, 1.165) is 18.7 Å². The molecule has 2 nitrogen and oxygen atoms in total. The van der Waals surface area contributed by atoms with Gasteiger partial charge in [0, 0.05) is 20.2 Å². The second-order valence-corrected chi connectivity index (χ2v) is 2.63. The van der Waals surface area contributed by atoms with Crippen LogP contribution < -0.4 is 5.32 Å². The molecule has 0 saturated carbocycles. The number of methoxy groups -OCH3 is 1. The minimum Gasteiger partial charge on any atom is -0.380 e. The Bertz CT molecular complexity index is 101. The molecule has 0 aliphatic rings. The second kappa shape index (κ2) is 5.45. The van der Waals surface area contributed by atoms with Crippen LogP contribution in [0, 0.1) is 0 Å². The van der Waals surface area contributed by atoms with E-state index in [2.05, 4.69) is 11.9 Å². The summed E-state index contributed by atoms with van der Waals surface area (Å²) in [4.78, 5) is 0. The quantitative estimate of drug-likeness (QED) is 0.584. The Morgan fingerprint density at radius 3 is 2.70 bits per heavy atom. The van der Waals surface area contributed by atoms with Crippen LogP contribution in [0.4, 0.5) is 0 Å². The molecule has 0 rings (SSSR count). The van der Waals surface area contributed by atoms with Crippen molar-refractivity contribution in [2.24, 2.45) is 0 Å². The highest BCUT2D eigenvalue weighted by Crippen LogP contribution is 1.85. The maximum atomic E-state index is 5.04. The molecule has 10 heavy (non-hydrogen) atoms. The number of ether oxygens (including phenoxy) is 1. The summed E-state index contributed by atoms with van der Waals surface area (Å²) >= 11 is 0. The maximum absolute atomic E-state index is 5.04. The van der Waals surface area contributed by atoms with E-state index in [9.17, 15) is 0 Å². The van der Waals surface area contributed by atoms with Gasteiger partial charge in [0.25, 0.3) is 0 Å². The van der Waals surface area contributed by atoms with Gasteiger partial charge in [0.05, 0.1) is 6.10 Å². The van der Waals surface area contributed by atoms with Crippen molar-refractivity contribution >= 4 is 0 Å². The molecule has 0 bridgehead atoms. The normalized spacial score (nSPS) is 13.1. The van der Waals surface area contributed by atoms with Crippen molar-refractivity contribution in [2.45, 2.75) is 20.0 Å². The molecule has 1 unspecified atom stereocenters. The van der Waals surface area contributed by atoms with Crippen LogP contribution in [-0.4, -0.2) is 26.3 Å². The van der Waals surface area contributed by atoms with Crippen LogP contribution in [0.2, 0.25) is 0 Å². The first-order valence-electron chi connectivity index (χ1n) is 3.54. The van der Waals surface area contributed by atoms with Crippen molar-refractivity contribution in [3.63, 3.8) is 0 Å². The fourth-order valence-electron chi connectivity index (χ4n) is 0.572. The molecule has 60 valence electrons. The van der Waals surface area contributed by atoms with E-state index in [1.165, 1.54) is 0 Å². The zero-order chi connectivity index (χ0) is 7.98. The smallest absolute Gasteiger partial charge is 0.0667 e. The summed E-state index contributed by atoms with van der Waals surface area (Å²) in [5, 5.41) is 3.21. The fourth-order valence-corrected chi connectivity index (χ4v) is 0.572. The number of nitrogens with one attached hydrogen (secondary N) is 1. The monoisotopic (exact) mass is 143 g/mol. The highest BCUT2D eigenvalue weighted by molar-refractivity contribution is 4.90. The molecule has 0 aromatic heterocycles. The Morgan fingerprint density at radius 1 is 1.70 bits per heavy atom. The molecule has 0 saturated heterocycles. The van der Waals surface area contributed by atoms with E-state index < -0.39 is 0 Å². The van der Waals surface area contributed by atoms with Crippen LogP contribution in [0.5, 0.6) is 0 Å². The van der Waals surface area contributed by atoms with Crippen molar-refractivity contribution in [3.8, 4) is 0 Å². The molecular formula is C8H17NO. The van der Waals surface area contributed by atoms with Gasteiger partial charge >= 0.3 is 0 Å². The van der Waals surface area contributed by atoms with Crippen LogP contribution >= 0.6 is 0 Å². The summed E-state index contributed by atoms with van der Waals surface area (Å²) in [6.45, 7) is 9.59. The molecule has 1 atom stereocenters. The van der Waals surface area contributed by atoms with Crippen LogP contribution in [0.3, 0.4) is 0 Å². The van der Waals surface area contributed by atoms with Gasteiger partial charge in [-0.05, 0) is 13.8 Å². The minimum absolute atomic E-state index is 0.291. The highest BCUT2D eigenvalue weighted by Gasteiger charge is 1.96. The predicted octanol–water partition coefficient (Wildman–Crippen LogP) is 1.19. The average Bonchev–Trinajstić information content (AvgIpc) is 1.87. The standard InChI is InChI=1S/C8H17NO/c1-7(2)5-9-6-8(3)10-4/h8-9H,1,5-6H2,2-4H3. The van der Waals surface area contributed by atoms with Gasteiger partial charge in [0.2, 0.25) is 0 Å². The van der Waals surface area contributed by atoms with Gasteiger partial charge in [0.15, 0.2) is 0 Å². The first kappa shape index (κ1) is 9.66. The summed E-state index contributed by atoms with van der Waals surface area (Å²) in [5.41, 5.74) is 1.16. The fraction of sp³-hybridized carbons (Fsp3) is 0.750. The third-order valence-electron chi connectivity index (χ3n) is 1.26. The van der Waals surface area contributed by atoms with Gasteiger partial charge in [-0.25, -0.2) is 0 Å². The van der Waals surface area contributed by atoms with Crippen molar-refractivity contribution in [3.05, 3.63) is 12.2 Å². The van der Waals surface area contributed by atoms with Gasteiger partial charge in [-0.15, -0.1) is 0 Å². The Hall–Kier alpha value is -0.340. The van der Waals surface area contributed by atoms with Crippen LogP contribution in [-0.2, 0) is 4.74 Å². The number of hydrogen-bond acceptors (Lipinski definition) is 2. The Labute approximate surface area is 63.3 Å². The van der Waals surface area contributed by atoms with E-state index in [1.54, 1.807) is 7.11 Å². The van der Waals surface area contributed by atoms with Gasteiger partial charge in [-0.3, -0.25) is 0 Å². The van der Waals surface area contributed by atoms with Gasteiger partial charge in [0.1, 0.15) is 0 Å². The third-order valence-corrected chi connectivity index (χ3v) is 1.26. The van der Waals surface area contributed by atoms with Crippen molar-refractivity contribution < 1.29 is 4.74 Å². The first-order chi connectivity index (χ1) is 4.66. The van der Waals surface area contributed by atoms with Crippen LogP contribution in [0.25, 0.3) is 0 Å². The molecule has 0 aliphatic heterocycles.